The molecule has 0 aliphatic heterocycles. The highest BCUT2D eigenvalue weighted by atomic mass is 35.5. The van der Waals surface area contributed by atoms with E-state index >= 15 is 0 Å². The Balaban J connectivity index is 2.79. The van der Waals surface area contributed by atoms with Gasteiger partial charge < -0.3 is 0 Å². The molecule has 0 radical (unpaired) electrons. The minimum atomic E-state index is -2.65. The molecule has 0 saturated heterocycles. The van der Waals surface area contributed by atoms with Gasteiger partial charge in [0.15, 0.2) is 0 Å². The highest BCUT2D eigenvalue weighted by molar-refractivity contribution is 6.30. The van der Waals surface area contributed by atoms with Crippen LogP contribution in [0.3, 0.4) is 0 Å². The number of nitrogens with two attached hydrogens (primary N) is 1. The van der Waals surface area contributed by atoms with Gasteiger partial charge in [0.05, 0.1) is 6.04 Å². The monoisotopic (exact) mass is 238 g/mol. The topological polar surface area (TPSA) is 38.0 Å². The maximum absolute atomic E-state index is 13.2. The molecule has 3 N–H and O–H groups in total. The number of halogens is 4. The number of nitrogens with one attached hydrogen (secondary N) is 1. The van der Waals surface area contributed by atoms with Crippen molar-refractivity contribution in [1.29, 1.82) is 0 Å². The number of alkyl halides is 2. The summed E-state index contributed by atoms with van der Waals surface area (Å²) in [5.41, 5.74) is 2.10. The predicted molar refractivity (Wildman–Crippen MR) is 52.2 cm³/mol. The fourth-order valence-electron chi connectivity index (χ4n) is 1.14. The average molecular weight is 239 g/mol. The Morgan fingerprint density at radius 3 is 2.53 bits per heavy atom. The van der Waals surface area contributed by atoms with E-state index in [-0.39, 0.29) is 17.0 Å². The number of rotatable bonds is 4. The second kappa shape index (κ2) is 5.34. The van der Waals surface area contributed by atoms with Crippen LogP contribution in [0.15, 0.2) is 18.2 Å². The summed E-state index contributed by atoms with van der Waals surface area (Å²) in [6, 6.07) is 2.62. The standard InChI is InChI=1S/C9H10ClF3N2/c10-6-2-1-5(7(11)4-6)3-8(15-14)9(12)13/h1-2,4,8-9,15H,3,14H2. The zero-order valence-corrected chi connectivity index (χ0v) is 8.44. The number of benzene rings is 1. The van der Waals surface area contributed by atoms with Gasteiger partial charge in [-0.1, -0.05) is 17.7 Å². The molecule has 2 nitrogen and oxygen atoms in total. The van der Waals surface area contributed by atoms with Crippen molar-refractivity contribution in [2.75, 3.05) is 0 Å². The summed E-state index contributed by atoms with van der Waals surface area (Å²) in [6.07, 6.45) is -2.83. The van der Waals surface area contributed by atoms with E-state index in [0.717, 1.165) is 6.07 Å². The molecule has 0 aliphatic carbocycles. The van der Waals surface area contributed by atoms with Gasteiger partial charge in [0.25, 0.3) is 6.43 Å². The first kappa shape index (κ1) is 12.3. The summed E-state index contributed by atoms with van der Waals surface area (Å²) >= 11 is 5.52. The summed E-state index contributed by atoms with van der Waals surface area (Å²) in [5.74, 6) is 4.32. The molecule has 1 aromatic carbocycles. The molecule has 0 amide bonds. The van der Waals surface area contributed by atoms with Crippen molar-refractivity contribution in [1.82, 2.24) is 5.43 Å². The Labute approximate surface area is 90.2 Å². The van der Waals surface area contributed by atoms with Gasteiger partial charge in [0, 0.05) is 5.02 Å². The molecule has 0 bridgehead atoms. The zero-order chi connectivity index (χ0) is 11.4. The van der Waals surface area contributed by atoms with Crippen molar-refractivity contribution >= 4 is 11.6 Å². The van der Waals surface area contributed by atoms with E-state index in [4.69, 9.17) is 17.4 Å². The van der Waals surface area contributed by atoms with Crippen LogP contribution < -0.4 is 11.3 Å². The zero-order valence-electron chi connectivity index (χ0n) is 7.68. The van der Waals surface area contributed by atoms with Crippen LogP contribution in [0, 0.1) is 5.82 Å². The van der Waals surface area contributed by atoms with Crippen LogP contribution in [-0.4, -0.2) is 12.5 Å². The highest BCUT2D eigenvalue weighted by Crippen LogP contribution is 2.17. The SMILES string of the molecule is NNC(Cc1ccc(Cl)cc1F)C(F)F. The highest BCUT2D eigenvalue weighted by Gasteiger charge is 2.20. The first-order chi connectivity index (χ1) is 7.04. The third kappa shape index (κ3) is 3.37. The molecule has 1 unspecified atom stereocenters. The Morgan fingerprint density at radius 2 is 2.07 bits per heavy atom. The van der Waals surface area contributed by atoms with E-state index in [1.165, 1.54) is 12.1 Å². The van der Waals surface area contributed by atoms with Gasteiger partial charge in [-0.3, -0.25) is 11.3 Å². The maximum atomic E-state index is 13.2. The normalized spacial score (nSPS) is 13.2. The Hall–Kier alpha value is -0.780. The van der Waals surface area contributed by atoms with E-state index in [1.807, 2.05) is 5.43 Å². The second-order valence-electron chi connectivity index (χ2n) is 3.05. The van der Waals surface area contributed by atoms with E-state index in [1.54, 1.807) is 0 Å². The van der Waals surface area contributed by atoms with Crippen LogP contribution in [0.4, 0.5) is 13.2 Å². The van der Waals surface area contributed by atoms with Crippen molar-refractivity contribution in [2.24, 2.45) is 5.84 Å². The van der Waals surface area contributed by atoms with Gasteiger partial charge >= 0.3 is 0 Å². The Bertz CT molecular complexity index is 333. The molecular weight excluding hydrogens is 229 g/mol. The molecule has 1 atom stereocenters. The van der Waals surface area contributed by atoms with Crippen molar-refractivity contribution in [3.63, 3.8) is 0 Å². The van der Waals surface area contributed by atoms with Gasteiger partial charge in [-0.2, -0.15) is 0 Å². The van der Waals surface area contributed by atoms with Gasteiger partial charge in [0.2, 0.25) is 0 Å². The van der Waals surface area contributed by atoms with Gasteiger partial charge in [-0.15, -0.1) is 0 Å². The fraction of sp³-hybridized carbons (Fsp3) is 0.333. The number of hydrazine groups is 1. The summed E-state index contributed by atoms with van der Waals surface area (Å²) in [5, 5.41) is 0.227. The molecule has 1 rings (SSSR count). The van der Waals surface area contributed by atoms with Gasteiger partial charge in [-0.05, 0) is 24.1 Å². The Morgan fingerprint density at radius 1 is 1.40 bits per heavy atom. The van der Waals surface area contributed by atoms with Crippen LogP contribution in [0.2, 0.25) is 5.02 Å². The summed E-state index contributed by atoms with van der Waals surface area (Å²) < 4.78 is 37.8. The van der Waals surface area contributed by atoms with Crippen molar-refractivity contribution in [3.05, 3.63) is 34.6 Å². The predicted octanol–water partition coefficient (Wildman–Crippen LogP) is 2.12. The summed E-state index contributed by atoms with van der Waals surface area (Å²) in [6.45, 7) is 0. The molecule has 0 saturated carbocycles. The molecule has 0 heterocycles. The minimum Gasteiger partial charge on any atom is -0.271 e. The molecule has 15 heavy (non-hydrogen) atoms. The van der Waals surface area contributed by atoms with Crippen LogP contribution in [0.1, 0.15) is 5.56 Å². The smallest absolute Gasteiger partial charge is 0.255 e. The average Bonchev–Trinajstić information content (AvgIpc) is 2.16. The second-order valence-corrected chi connectivity index (χ2v) is 3.48. The van der Waals surface area contributed by atoms with Crippen LogP contribution >= 0.6 is 11.6 Å². The lowest BCUT2D eigenvalue weighted by atomic mass is 10.1. The number of hydrogen-bond acceptors (Lipinski definition) is 2. The quantitative estimate of drug-likeness (QED) is 0.623. The van der Waals surface area contributed by atoms with Crippen molar-refractivity contribution in [2.45, 2.75) is 18.9 Å². The van der Waals surface area contributed by atoms with E-state index < -0.39 is 18.3 Å². The summed E-state index contributed by atoms with van der Waals surface area (Å²) in [7, 11) is 0. The molecule has 0 spiro atoms. The molecular formula is C9H10ClF3N2. The molecule has 84 valence electrons. The van der Waals surface area contributed by atoms with E-state index in [9.17, 15) is 13.2 Å². The largest absolute Gasteiger partial charge is 0.271 e. The van der Waals surface area contributed by atoms with Crippen molar-refractivity contribution in [3.8, 4) is 0 Å². The number of hydrogen-bond donors (Lipinski definition) is 2. The molecule has 1 aromatic rings. The lowest BCUT2D eigenvalue weighted by Crippen LogP contribution is -2.42. The molecule has 0 fully saturated rings. The van der Waals surface area contributed by atoms with Crippen molar-refractivity contribution < 1.29 is 13.2 Å². The van der Waals surface area contributed by atoms with Crippen LogP contribution in [-0.2, 0) is 6.42 Å². The van der Waals surface area contributed by atoms with Gasteiger partial charge in [-0.25, -0.2) is 13.2 Å². The first-order valence-corrected chi connectivity index (χ1v) is 4.60. The maximum Gasteiger partial charge on any atom is 0.255 e. The fourth-order valence-corrected chi connectivity index (χ4v) is 1.30. The third-order valence-corrected chi connectivity index (χ3v) is 2.21. The lowest BCUT2D eigenvalue weighted by molar-refractivity contribution is 0.0980. The Kier molecular flexibility index (Phi) is 4.38. The van der Waals surface area contributed by atoms with E-state index in [2.05, 4.69) is 0 Å². The first-order valence-electron chi connectivity index (χ1n) is 4.22. The van der Waals surface area contributed by atoms with E-state index in [0.29, 0.717) is 0 Å². The molecule has 6 heteroatoms. The van der Waals surface area contributed by atoms with Crippen LogP contribution in [0.5, 0.6) is 0 Å². The molecule has 0 aliphatic rings. The summed E-state index contributed by atoms with van der Waals surface area (Å²) in [4.78, 5) is 0. The lowest BCUT2D eigenvalue weighted by Gasteiger charge is -2.14. The third-order valence-electron chi connectivity index (χ3n) is 1.97. The van der Waals surface area contributed by atoms with Gasteiger partial charge in [0.1, 0.15) is 5.82 Å². The van der Waals surface area contributed by atoms with Crippen LogP contribution in [0.25, 0.3) is 0 Å². The minimum absolute atomic E-state index is 0.155. The molecule has 0 aromatic heterocycles.